The van der Waals surface area contributed by atoms with Crippen LogP contribution < -0.4 is 5.32 Å². The van der Waals surface area contributed by atoms with Gasteiger partial charge in [0.1, 0.15) is 0 Å². The van der Waals surface area contributed by atoms with Crippen molar-refractivity contribution < 1.29 is 24.5 Å². The van der Waals surface area contributed by atoms with E-state index < -0.39 is 12.1 Å². The molecule has 0 saturated carbocycles. The van der Waals surface area contributed by atoms with Crippen molar-refractivity contribution in [1.29, 1.82) is 0 Å². The zero-order valence-corrected chi connectivity index (χ0v) is 42.8. The van der Waals surface area contributed by atoms with E-state index in [1.165, 1.54) is 199 Å². The molecule has 0 aliphatic carbocycles. The number of nitrogens with one attached hydrogen (secondary N) is 1. The first-order valence-corrected chi connectivity index (χ1v) is 28.3. The normalized spacial score (nSPS) is 12.9. The molecule has 3 N–H and O–H groups in total. The number of unbranched alkanes of at least 4 members (excludes halogenated alkanes) is 37. The average Bonchev–Trinajstić information content (AvgIpc) is 3.29. The molecule has 0 bridgehead atoms. The van der Waals surface area contributed by atoms with E-state index in [1.54, 1.807) is 6.08 Å². The van der Waals surface area contributed by atoms with Gasteiger partial charge < -0.3 is 20.3 Å². The highest BCUT2D eigenvalue weighted by Crippen LogP contribution is 2.16. The number of amides is 1. The van der Waals surface area contributed by atoms with Crippen molar-refractivity contribution in [2.45, 2.75) is 309 Å². The Hall–Kier alpha value is -1.92. The summed E-state index contributed by atoms with van der Waals surface area (Å²) in [5, 5.41) is 23.1. The lowest BCUT2D eigenvalue weighted by molar-refractivity contribution is -0.143. The molecule has 0 rings (SSSR count). The van der Waals surface area contributed by atoms with Gasteiger partial charge in [-0.1, -0.05) is 243 Å². The number of rotatable bonds is 52. The van der Waals surface area contributed by atoms with E-state index in [-0.39, 0.29) is 18.5 Å². The highest BCUT2D eigenvalue weighted by molar-refractivity contribution is 5.76. The van der Waals surface area contributed by atoms with E-state index >= 15 is 0 Å². The van der Waals surface area contributed by atoms with Crippen LogP contribution in [-0.4, -0.2) is 47.4 Å². The molecule has 2 atom stereocenters. The first kappa shape index (κ1) is 62.1. The SMILES string of the molecule is CCCCCCC/C=C\CCCCCCCC(=O)OCCCCCC/C=C\CCCC(=O)NC(CO)C(O)/C=C/CCCCCCCCCCCCCCCCCCCCCCCC. The second kappa shape index (κ2) is 53.7. The number of esters is 1. The van der Waals surface area contributed by atoms with E-state index in [4.69, 9.17) is 4.74 Å². The number of carbonyl (C=O) groups excluding carboxylic acids is 2. The van der Waals surface area contributed by atoms with E-state index in [0.29, 0.717) is 19.4 Å². The topological polar surface area (TPSA) is 95.9 Å². The monoisotopic (exact) mass is 900 g/mol. The van der Waals surface area contributed by atoms with Crippen molar-refractivity contribution in [3.8, 4) is 0 Å². The number of aliphatic hydroxyl groups excluding tert-OH is 2. The Balaban J connectivity index is 3.56. The predicted octanol–water partition coefficient (Wildman–Crippen LogP) is 17.2. The molecule has 0 spiro atoms. The lowest BCUT2D eigenvalue weighted by atomic mass is 10.0. The second-order valence-corrected chi connectivity index (χ2v) is 19.3. The standard InChI is InChI=1S/C58H109NO5/c1-3-5-7-9-11-13-15-17-19-20-21-22-23-24-25-26-27-28-29-31-34-38-42-46-50-56(61)55(54-60)59-57(62)51-47-43-39-35-33-37-41-45-49-53-64-58(63)52-48-44-40-36-32-30-18-16-14-12-10-8-6-4-2/h16,18,35,39,46,50,55-56,60-61H,3-15,17,19-34,36-38,40-45,47-49,51-54H2,1-2H3,(H,59,62)/b18-16-,39-35-,50-46+. The lowest BCUT2D eigenvalue weighted by Crippen LogP contribution is -2.45. The molecule has 0 aliphatic heterocycles. The quantitative estimate of drug-likeness (QED) is 0.0321. The Morgan fingerprint density at radius 2 is 0.750 bits per heavy atom. The molecule has 0 saturated heterocycles. The number of aliphatic hydroxyl groups is 2. The van der Waals surface area contributed by atoms with Crippen LogP contribution in [0.5, 0.6) is 0 Å². The Morgan fingerprint density at radius 3 is 1.14 bits per heavy atom. The molecule has 0 heterocycles. The largest absolute Gasteiger partial charge is 0.466 e. The molecule has 0 fully saturated rings. The number of ether oxygens (including phenoxy) is 1. The first-order valence-electron chi connectivity index (χ1n) is 28.3. The van der Waals surface area contributed by atoms with Crippen LogP contribution in [0.3, 0.4) is 0 Å². The van der Waals surface area contributed by atoms with Crippen LogP contribution in [0.25, 0.3) is 0 Å². The minimum absolute atomic E-state index is 0.0463. The second-order valence-electron chi connectivity index (χ2n) is 19.3. The molecule has 0 radical (unpaired) electrons. The van der Waals surface area contributed by atoms with Crippen molar-refractivity contribution in [3.63, 3.8) is 0 Å². The highest BCUT2D eigenvalue weighted by atomic mass is 16.5. The van der Waals surface area contributed by atoms with Crippen molar-refractivity contribution in [3.05, 3.63) is 36.5 Å². The molecule has 6 nitrogen and oxygen atoms in total. The van der Waals surface area contributed by atoms with Crippen molar-refractivity contribution in [1.82, 2.24) is 5.32 Å². The zero-order chi connectivity index (χ0) is 46.5. The van der Waals surface area contributed by atoms with Gasteiger partial charge in [-0.15, -0.1) is 0 Å². The fraction of sp³-hybridized carbons (Fsp3) is 0.862. The van der Waals surface area contributed by atoms with E-state index in [2.05, 4.69) is 43.5 Å². The van der Waals surface area contributed by atoms with Gasteiger partial charge in [-0.25, -0.2) is 0 Å². The molecule has 1 amide bonds. The summed E-state index contributed by atoms with van der Waals surface area (Å²) in [6.07, 6.45) is 66.0. The van der Waals surface area contributed by atoms with Crippen LogP contribution in [0.15, 0.2) is 36.5 Å². The van der Waals surface area contributed by atoms with Crippen LogP contribution in [0.1, 0.15) is 296 Å². The number of allylic oxidation sites excluding steroid dienone is 5. The summed E-state index contributed by atoms with van der Waals surface area (Å²) in [7, 11) is 0. The number of hydrogen-bond acceptors (Lipinski definition) is 5. The third-order valence-electron chi connectivity index (χ3n) is 12.9. The zero-order valence-electron chi connectivity index (χ0n) is 42.8. The molecular formula is C58H109NO5. The third-order valence-corrected chi connectivity index (χ3v) is 12.9. The van der Waals surface area contributed by atoms with E-state index in [1.807, 2.05) is 6.08 Å². The van der Waals surface area contributed by atoms with Crippen LogP contribution in [-0.2, 0) is 14.3 Å². The van der Waals surface area contributed by atoms with Gasteiger partial charge in [0, 0.05) is 12.8 Å². The first-order chi connectivity index (χ1) is 31.5. The number of carbonyl (C=O) groups is 2. The van der Waals surface area contributed by atoms with Crippen molar-refractivity contribution in [2.75, 3.05) is 13.2 Å². The lowest BCUT2D eigenvalue weighted by Gasteiger charge is -2.19. The smallest absolute Gasteiger partial charge is 0.305 e. The van der Waals surface area contributed by atoms with Crippen LogP contribution in [0, 0.1) is 0 Å². The molecule has 376 valence electrons. The Kier molecular flexibility index (Phi) is 52.1. The molecule has 64 heavy (non-hydrogen) atoms. The maximum Gasteiger partial charge on any atom is 0.305 e. The Labute approximate surface area is 398 Å². The average molecular weight is 901 g/mol. The molecule has 0 aromatic carbocycles. The van der Waals surface area contributed by atoms with Crippen molar-refractivity contribution in [2.24, 2.45) is 0 Å². The van der Waals surface area contributed by atoms with Gasteiger partial charge in [0.15, 0.2) is 0 Å². The summed E-state index contributed by atoms with van der Waals surface area (Å²) >= 11 is 0. The van der Waals surface area contributed by atoms with Gasteiger partial charge in [-0.2, -0.15) is 0 Å². The van der Waals surface area contributed by atoms with Gasteiger partial charge in [-0.3, -0.25) is 9.59 Å². The fourth-order valence-corrected chi connectivity index (χ4v) is 8.51. The van der Waals surface area contributed by atoms with Crippen molar-refractivity contribution >= 4 is 11.9 Å². The van der Waals surface area contributed by atoms with Crippen LogP contribution >= 0.6 is 0 Å². The summed E-state index contributed by atoms with van der Waals surface area (Å²) in [5.74, 6) is -0.173. The molecule has 6 heteroatoms. The maximum atomic E-state index is 12.4. The fourth-order valence-electron chi connectivity index (χ4n) is 8.51. The van der Waals surface area contributed by atoms with Gasteiger partial charge >= 0.3 is 5.97 Å². The van der Waals surface area contributed by atoms with Gasteiger partial charge in [0.25, 0.3) is 0 Å². The Bertz CT molecular complexity index is 1040. The minimum Gasteiger partial charge on any atom is -0.466 e. The Morgan fingerprint density at radius 1 is 0.422 bits per heavy atom. The van der Waals surface area contributed by atoms with Gasteiger partial charge in [-0.05, 0) is 77.0 Å². The summed E-state index contributed by atoms with van der Waals surface area (Å²) in [6.45, 7) is 4.81. The molecule has 0 aromatic rings. The molecule has 0 aromatic heterocycles. The van der Waals surface area contributed by atoms with Crippen LogP contribution in [0.2, 0.25) is 0 Å². The van der Waals surface area contributed by atoms with Gasteiger partial charge in [0.2, 0.25) is 5.91 Å². The summed E-state index contributed by atoms with van der Waals surface area (Å²) in [4.78, 5) is 24.5. The molecule has 2 unspecified atom stereocenters. The van der Waals surface area contributed by atoms with Gasteiger partial charge in [0.05, 0.1) is 25.4 Å². The third kappa shape index (κ3) is 49.5. The molecule has 0 aliphatic rings. The van der Waals surface area contributed by atoms with Crippen LogP contribution in [0.4, 0.5) is 0 Å². The molecular weight excluding hydrogens is 791 g/mol. The summed E-state index contributed by atoms with van der Waals surface area (Å²) in [6, 6.07) is -0.667. The minimum atomic E-state index is -0.877. The van der Waals surface area contributed by atoms with E-state index in [0.717, 1.165) is 70.6 Å². The summed E-state index contributed by atoms with van der Waals surface area (Å²) in [5.41, 5.74) is 0. The maximum absolute atomic E-state index is 12.4. The summed E-state index contributed by atoms with van der Waals surface area (Å²) < 4.78 is 5.43. The number of hydrogen-bond donors (Lipinski definition) is 3. The predicted molar refractivity (Wildman–Crippen MR) is 278 cm³/mol. The van der Waals surface area contributed by atoms with E-state index in [9.17, 15) is 19.8 Å². The highest BCUT2D eigenvalue weighted by Gasteiger charge is 2.18.